The largest absolute Gasteiger partial charge is 0.392 e. The van der Waals surface area contributed by atoms with Crippen molar-refractivity contribution in [2.45, 2.75) is 19.4 Å². The van der Waals surface area contributed by atoms with E-state index in [1.807, 2.05) is 42.2 Å². The van der Waals surface area contributed by atoms with Crippen LogP contribution in [0.4, 0.5) is 11.5 Å². The molecule has 6 nitrogen and oxygen atoms in total. The molecule has 0 bridgehead atoms. The molecule has 2 aliphatic heterocycles. The fourth-order valence-electron chi connectivity index (χ4n) is 4.03. The number of anilines is 2. The van der Waals surface area contributed by atoms with Crippen LogP contribution in [0.1, 0.15) is 22.8 Å². The summed E-state index contributed by atoms with van der Waals surface area (Å²) in [5.74, 6) is 0.790. The molecule has 2 aromatic rings. The highest BCUT2D eigenvalue weighted by Crippen LogP contribution is 2.30. The maximum Gasteiger partial charge on any atom is 0.262 e. The molecule has 142 valence electrons. The Morgan fingerprint density at radius 2 is 1.89 bits per heavy atom. The van der Waals surface area contributed by atoms with Gasteiger partial charge in [-0.05, 0) is 37.1 Å². The van der Waals surface area contributed by atoms with Crippen molar-refractivity contribution in [2.24, 2.45) is 0 Å². The molecular weight excluding hydrogens is 340 g/mol. The summed E-state index contributed by atoms with van der Waals surface area (Å²) in [5.41, 5.74) is 2.90. The molecule has 0 spiro atoms. The average molecular weight is 366 g/mol. The Labute approximate surface area is 160 Å². The standard InChI is InChI=1S/C21H26N4O2/c1-16(26)15-23-11-13-24(14-12-23)20-18(6-4-9-22-20)21(27)25-10-8-17-5-2-3-7-19(17)25/h2-7,9,16,26H,8,10-15H2,1H3/t16-/m1/s1. The van der Waals surface area contributed by atoms with E-state index in [9.17, 15) is 9.90 Å². The minimum atomic E-state index is -0.321. The van der Waals surface area contributed by atoms with Gasteiger partial charge in [0.25, 0.3) is 5.91 Å². The number of fused-ring (bicyclic) bond motifs is 1. The summed E-state index contributed by atoms with van der Waals surface area (Å²) < 4.78 is 0. The summed E-state index contributed by atoms with van der Waals surface area (Å²) in [7, 11) is 0. The van der Waals surface area contributed by atoms with E-state index in [-0.39, 0.29) is 12.0 Å². The highest BCUT2D eigenvalue weighted by atomic mass is 16.3. The second-order valence-corrected chi connectivity index (χ2v) is 7.35. The van der Waals surface area contributed by atoms with Crippen molar-refractivity contribution >= 4 is 17.4 Å². The number of hydrogen-bond acceptors (Lipinski definition) is 5. The summed E-state index contributed by atoms with van der Waals surface area (Å²) in [6.45, 7) is 6.56. The van der Waals surface area contributed by atoms with Crippen LogP contribution in [0.15, 0.2) is 42.6 Å². The molecule has 0 saturated carbocycles. The molecule has 1 atom stereocenters. The van der Waals surface area contributed by atoms with Gasteiger partial charge in [-0.15, -0.1) is 0 Å². The van der Waals surface area contributed by atoms with Crippen LogP contribution in [0.5, 0.6) is 0 Å². The van der Waals surface area contributed by atoms with Crippen LogP contribution in [-0.2, 0) is 6.42 Å². The average Bonchev–Trinajstić information content (AvgIpc) is 3.12. The summed E-state index contributed by atoms with van der Waals surface area (Å²) >= 11 is 0. The fraction of sp³-hybridized carbons (Fsp3) is 0.429. The van der Waals surface area contributed by atoms with Crippen molar-refractivity contribution in [3.05, 3.63) is 53.7 Å². The SMILES string of the molecule is C[C@@H](O)CN1CCN(c2ncccc2C(=O)N2CCc3ccccc32)CC1. The van der Waals surface area contributed by atoms with E-state index in [1.165, 1.54) is 5.56 Å². The van der Waals surface area contributed by atoms with E-state index in [1.54, 1.807) is 6.20 Å². The van der Waals surface area contributed by atoms with E-state index >= 15 is 0 Å². The summed E-state index contributed by atoms with van der Waals surface area (Å²) in [4.78, 5) is 24.2. The number of aliphatic hydroxyl groups excluding tert-OH is 1. The van der Waals surface area contributed by atoms with E-state index in [4.69, 9.17) is 0 Å². The van der Waals surface area contributed by atoms with E-state index in [0.29, 0.717) is 18.7 Å². The van der Waals surface area contributed by atoms with E-state index in [2.05, 4.69) is 20.9 Å². The van der Waals surface area contributed by atoms with Crippen LogP contribution < -0.4 is 9.80 Å². The lowest BCUT2D eigenvalue weighted by Crippen LogP contribution is -2.49. The zero-order valence-corrected chi connectivity index (χ0v) is 15.7. The number of β-amino-alcohol motifs (C(OH)–C–C–N with tert-alkyl or cyclic N) is 1. The molecular formula is C21H26N4O2. The molecule has 1 N–H and O–H groups in total. The third kappa shape index (κ3) is 3.68. The van der Waals surface area contributed by atoms with Crippen LogP contribution in [0.25, 0.3) is 0 Å². The van der Waals surface area contributed by atoms with Crippen LogP contribution in [0.3, 0.4) is 0 Å². The van der Waals surface area contributed by atoms with Gasteiger partial charge in [-0.25, -0.2) is 4.98 Å². The van der Waals surface area contributed by atoms with Crippen molar-refractivity contribution in [1.82, 2.24) is 9.88 Å². The molecule has 6 heteroatoms. The number of benzene rings is 1. The Morgan fingerprint density at radius 3 is 2.67 bits per heavy atom. The monoisotopic (exact) mass is 366 g/mol. The van der Waals surface area contributed by atoms with Gasteiger partial charge in [0, 0.05) is 51.2 Å². The van der Waals surface area contributed by atoms with Gasteiger partial charge in [0.05, 0.1) is 11.7 Å². The minimum absolute atomic E-state index is 0.0226. The molecule has 1 aromatic carbocycles. The fourth-order valence-corrected chi connectivity index (χ4v) is 4.03. The topological polar surface area (TPSA) is 59.9 Å². The molecule has 1 fully saturated rings. The minimum Gasteiger partial charge on any atom is -0.392 e. The lowest BCUT2D eigenvalue weighted by Gasteiger charge is -2.36. The molecule has 3 heterocycles. The number of para-hydroxylation sites is 1. The van der Waals surface area contributed by atoms with Crippen molar-refractivity contribution in [3.8, 4) is 0 Å². The molecule has 1 saturated heterocycles. The number of hydrogen-bond donors (Lipinski definition) is 1. The smallest absolute Gasteiger partial charge is 0.262 e. The molecule has 4 rings (SSSR count). The first-order valence-corrected chi connectivity index (χ1v) is 9.63. The van der Waals surface area contributed by atoms with Gasteiger partial charge in [0.15, 0.2) is 0 Å². The van der Waals surface area contributed by atoms with Gasteiger partial charge in [-0.1, -0.05) is 18.2 Å². The number of piperazine rings is 1. The van der Waals surface area contributed by atoms with Gasteiger partial charge < -0.3 is 14.9 Å². The molecule has 0 radical (unpaired) electrons. The second kappa shape index (κ2) is 7.66. The quantitative estimate of drug-likeness (QED) is 0.894. The van der Waals surface area contributed by atoms with Crippen LogP contribution in [0, 0.1) is 0 Å². The maximum atomic E-state index is 13.3. The summed E-state index contributed by atoms with van der Waals surface area (Å²) in [5, 5.41) is 9.59. The third-order valence-corrected chi connectivity index (χ3v) is 5.34. The summed E-state index contributed by atoms with van der Waals surface area (Å²) in [6.07, 6.45) is 2.33. The van der Waals surface area contributed by atoms with Crippen molar-refractivity contribution in [1.29, 1.82) is 0 Å². The number of amides is 1. The van der Waals surface area contributed by atoms with Gasteiger partial charge in [-0.3, -0.25) is 9.69 Å². The Balaban J connectivity index is 1.53. The van der Waals surface area contributed by atoms with Crippen molar-refractivity contribution in [3.63, 3.8) is 0 Å². The van der Waals surface area contributed by atoms with E-state index in [0.717, 1.165) is 44.1 Å². The van der Waals surface area contributed by atoms with Gasteiger partial charge in [0.1, 0.15) is 5.82 Å². The third-order valence-electron chi connectivity index (χ3n) is 5.34. The lowest BCUT2D eigenvalue weighted by molar-refractivity contribution is 0.0989. The number of aromatic nitrogens is 1. The summed E-state index contributed by atoms with van der Waals surface area (Å²) in [6, 6.07) is 11.8. The Bertz CT molecular complexity index is 815. The molecule has 0 unspecified atom stereocenters. The van der Waals surface area contributed by atoms with Gasteiger partial charge in [-0.2, -0.15) is 0 Å². The molecule has 27 heavy (non-hydrogen) atoms. The van der Waals surface area contributed by atoms with Crippen molar-refractivity contribution < 1.29 is 9.90 Å². The molecule has 1 aromatic heterocycles. The zero-order valence-electron chi connectivity index (χ0n) is 15.7. The zero-order chi connectivity index (χ0) is 18.8. The van der Waals surface area contributed by atoms with Gasteiger partial charge in [0.2, 0.25) is 0 Å². The Hall–Kier alpha value is -2.44. The Morgan fingerprint density at radius 1 is 1.11 bits per heavy atom. The normalized spacial score (nSPS) is 18.4. The highest BCUT2D eigenvalue weighted by molar-refractivity contribution is 6.10. The maximum absolute atomic E-state index is 13.3. The van der Waals surface area contributed by atoms with Gasteiger partial charge >= 0.3 is 0 Å². The lowest BCUT2D eigenvalue weighted by atomic mass is 10.1. The van der Waals surface area contributed by atoms with Crippen LogP contribution in [-0.4, -0.2) is 66.3 Å². The number of nitrogens with zero attached hydrogens (tertiary/aromatic N) is 4. The first-order valence-electron chi connectivity index (χ1n) is 9.63. The predicted molar refractivity (Wildman–Crippen MR) is 106 cm³/mol. The molecule has 0 aliphatic carbocycles. The number of carbonyl (C=O) groups is 1. The number of carbonyl (C=O) groups excluding carboxylic acids is 1. The molecule has 1 amide bonds. The van der Waals surface area contributed by atoms with Crippen molar-refractivity contribution in [2.75, 3.05) is 49.1 Å². The second-order valence-electron chi connectivity index (χ2n) is 7.35. The predicted octanol–water partition coefficient (Wildman–Crippen LogP) is 1.79. The number of rotatable bonds is 4. The Kier molecular flexibility index (Phi) is 5.09. The molecule has 2 aliphatic rings. The first-order chi connectivity index (χ1) is 13.1. The number of pyridine rings is 1. The van der Waals surface area contributed by atoms with Crippen LogP contribution in [0.2, 0.25) is 0 Å². The highest BCUT2D eigenvalue weighted by Gasteiger charge is 2.29. The number of aliphatic hydroxyl groups is 1. The first kappa shape index (κ1) is 17.9. The van der Waals surface area contributed by atoms with Crippen LogP contribution >= 0.6 is 0 Å². The van der Waals surface area contributed by atoms with E-state index < -0.39 is 0 Å².